The molecule has 0 aromatic rings. The molecule has 1 saturated heterocycles. The van der Waals surface area contributed by atoms with Gasteiger partial charge in [-0.05, 0) is 78.1 Å². The highest BCUT2D eigenvalue weighted by Crippen LogP contribution is 2.42. The van der Waals surface area contributed by atoms with Gasteiger partial charge in [0.2, 0.25) is 11.8 Å². The number of carbonyl (C=O) groups excluding carboxylic acids is 3. The molecule has 8 nitrogen and oxygen atoms in total. The lowest BCUT2D eigenvalue weighted by atomic mass is 9.70. The monoisotopic (exact) mass is 717 g/mol. The zero-order valence-electron chi connectivity index (χ0n) is 33.4. The Hall–Kier alpha value is -1.93. The molecule has 0 bridgehead atoms. The Morgan fingerprint density at radius 2 is 1.37 bits per heavy atom. The average molecular weight is 717 g/mol. The van der Waals surface area contributed by atoms with Crippen LogP contribution in [0.3, 0.4) is 0 Å². The molecule has 0 aromatic heterocycles. The van der Waals surface area contributed by atoms with Gasteiger partial charge in [0, 0.05) is 17.4 Å². The van der Waals surface area contributed by atoms with E-state index in [1.165, 1.54) is 89.9 Å². The molecule has 2 saturated carbocycles. The van der Waals surface area contributed by atoms with E-state index in [-0.39, 0.29) is 48.3 Å². The second-order valence-corrected chi connectivity index (χ2v) is 17.1. The number of carbonyl (C=O) groups is 3. The zero-order valence-corrected chi connectivity index (χ0v) is 33.4. The van der Waals surface area contributed by atoms with Gasteiger partial charge in [0.1, 0.15) is 12.2 Å². The number of ether oxygens (including phenoxy) is 3. The Balaban J connectivity index is 1.35. The number of hydrogen-bond donors (Lipinski definition) is 2. The Labute approximate surface area is 311 Å². The van der Waals surface area contributed by atoms with Crippen molar-refractivity contribution in [2.45, 2.75) is 219 Å². The van der Waals surface area contributed by atoms with Crippen LogP contribution in [0.2, 0.25) is 0 Å². The summed E-state index contributed by atoms with van der Waals surface area (Å²) < 4.78 is 17.6. The zero-order chi connectivity index (χ0) is 37.0. The van der Waals surface area contributed by atoms with Crippen LogP contribution in [0.4, 0.5) is 0 Å². The number of hydrogen-bond acceptors (Lipinski definition) is 6. The van der Waals surface area contributed by atoms with Crippen LogP contribution in [0.5, 0.6) is 0 Å². The second kappa shape index (κ2) is 23.0. The first-order valence-electron chi connectivity index (χ1n) is 21.2. The summed E-state index contributed by atoms with van der Waals surface area (Å²) in [6, 6.07) is -0.151. The number of esters is 1. The summed E-state index contributed by atoms with van der Waals surface area (Å²) in [5.74, 6) is -1.24. The highest BCUT2D eigenvalue weighted by Gasteiger charge is 2.46. The maximum Gasteiger partial charge on any atom is 0.307 e. The van der Waals surface area contributed by atoms with Gasteiger partial charge in [-0.25, -0.2) is 0 Å². The van der Waals surface area contributed by atoms with Crippen molar-refractivity contribution in [1.82, 2.24) is 10.6 Å². The minimum Gasteiger partial charge on any atom is -0.460 e. The molecule has 3 fully saturated rings. The molecule has 2 amide bonds. The first-order chi connectivity index (χ1) is 24.5. The molecule has 51 heavy (non-hydrogen) atoms. The van der Waals surface area contributed by atoms with E-state index >= 15 is 0 Å². The summed E-state index contributed by atoms with van der Waals surface area (Å²) in [4.78, 5) is 39.9. The molecule has 294 valence electrons. The lowest BCUT2D eigenvalue weighted by Gasteiger charge is -2.44. The van der Waals surface area contributed by atoms with Gasteiger partial charge in [0.15, 0.2) is 5.79 Å². The van der Waals surface area contributed by atoms with Gasteiger partial charge in [-0.15, -0.1) is 0 Å². The maximum absolute atomic E-state index is 14.0. The standard InChI is InChI=1S/C43H76N2O6/c1-6-7-8-9-10-11-12-13-14-15-16-17-18-19-20-24-30-43(31-25-21-26-32-43)40(48)45-35-27-22-23-28-36(35)50-37(46)29-33-44-39(47)38-41(2,3)34-49-42(4,5)51-38/h13-14,35-36,38H,6-12,15-34H2,1-5H3,(H,44,47)(H,45,48). The molecular weight excluding hydrogens is 640 g/mol. The van der Waals surface area contributed by atoms with Crippen LogP contribution in [0.25, 0.3) is 0 Å². The predicted octanol–water partition coefficient (Wildman–Crippen LogP) is 10.0. The lowest BCUT2D eigenvalue weighted by molar-refractivity contribution is -0.304. The fraction of sp³-hybridized carbons (Fsp3) is 0.884. The third kappa shape index (κ3) is 15.9. The van der Waals surface area contributed by atoms with E-state index in [1.54, 1.807) is 13.8 Å². The molecule has 3 atom stereocenters. The van der Waals surface area contributed by atoms with E-state index in [9.17, 15) is 14.4 Å². The summed E-state index contributed by atoms with van der Waals surface area (Å²) in [7, 11) is 0. The Bertz CT molecular complexity index is 1050. The Morgan fingerprint density at radius 3 is 2.04 bits per heavy atom. The smallest absolute Gasteiger partial charge is 0.307 e. The molecule has 0 radical (unpaired) electrons. The van der Waals surface area contributed by atoms with Gasteiger partial charge in [0.05, 0.1) is 19.1 Å². The minimum atomic E-state index is -0.836. The van der Waals surface area contributed by atoms with Crippen molar-refractivity contribution in [2.75, 3.05) is 13.2 Å². The van der Waals surface area contributed by atoms with Crippen molar-refractivity contribution in [1.29, 1.82) is 0 Å². The first-order valence-corrected chi connectivity index (χ1v) is 21.2. The van der Waals surface area contributed by atoms with Gasteiger partial charge in [-0.2, -0.15) is 0 Å². The fourth-order valence-electron chi connectivity index (χ4n) is 8.18. The first kappa shape index (κ1) is 43.5. The maximum atomic E-state index is 14.0. The largest absolute Gasteiger partial charge is 0.460 e. The van der Waals surface area contributed by atoms with Crippen LogP contribution in [0.15, 0.2) is 12.2 Å². The van der Waals surface area contributed by atoms with Crippen LogP contribution in [0.1, 0.15) is 195 Å². The lowest BCUT2D eigenvalue weighted by Crippen LogP contribution is -2.56. The number of amides is 2. The van der Waals surface area contributed by atoms with Gasteiger partial charge >= 0.3 is 5.97 Å². The second-order valence-electron chi connectivity index (χ2n) is 17.1. The van der Waals surface area contributed by atoms with Crippen molar-refractivity contribution in [2.24, 2.45) is 10.8 Å². The van der Waals surface area contributed by atoms with Gasteiger partial charge in [-0.3, -0.25) is 14.4 Å². The molecule has 8 heteroatoms. The quantitative estimate of drug-likeness (QED) is 0.0620. The van der Waals surface area contributed by atoms with Crippen molar-refractivity contribution >= 4 is 17.8 Å². The molecule has 2 N–H and O–H groups in total. The molecular formula is C43H76N2O6. The number of allylic oxidation sites excluding steroid dienone is 2. The van der Waals surface area contributed by atoms with E-state index in [0.717, 1.165) is 64.2 Å². The van der Waals surface area contributed by atoms with Crippen LogP contribution >= 0.6 is 0 Å². The molecule has 2 aliphatic carbocycles. The summed E-state index contributed by atoms with van der Waals surface area (Å²) in [6.07, 6.45) is 31.8. The Morgan fingerprint density at radius 1 is 0.765 bits per heavy atom. The van der Waals surface area contributed by atoms with Crippen LogP contribution in [-0.2, 0) is 28.6 Å². The van der Waals surface area contributed by atoms with Crippen molar-refractivity contribution < 1.29 is 28.6 Å². The minimum absolute atomic E-state index is 0.0792. The summed E-state index contributed by atoms with van der Waals surface area (Å²) in [5.41, 5.74) is -0.767. The number of unbranched alkanes of at least 4 members (excludes halogenated alkanes) is 12. The summed E-state index contributed by atoms with van der Waals surface area (Å²) in [5, 5.41) is 6.27. The summed E-state index contributed by atoms with van der Waals surface area (Å²) >= 11 is 0. The summed E-state index contributed by atoms with van der Waals surface area (Å²) in [6.45, 7) is 10.3. The van der Waals surface area contributed by atoms with E-state index in [1.807, 2.05) is 13.8 Å². The van der Waals surface area contributed by atoms with Crippen molar-refractivity contribution in [3.63, 3.8) is 0 Å². The van der Waals surface area contributed by atoms with Gasteiger partial charge in [0.25, 0.3) is 0 Å². The van der Waals surface area contributed by atoms with Crippen LogP contribution in [-0.4, -0.2) is 55.0 Å². The molecule has 0 spiro atoms. The SMILES string of the molecule is CCCCCCCCC=CCCCCCCCCC1(C(=O)NC2CCCCC2OC(=O)CCNC(=O)C2OC(C)(C)OCC2(C)C)CCCCC1. The van der Waals surface area contributed by atoms with Crippen LogP contribution < -0.4 is 10.6 Å². The highest BCUT2D eigenvalue weighted by molar-refractivity contribution is 5.83. The average Bonchev–Trinajstić information content (AvgIpc) is 3.10. The van der Waals surface area contributed by atoms with E-state index in [0.29, 0.717) is 6.61 Å². The molecule has 3 unspecified atom stereocenters. The van der Waals surface area contributed by atoms with Crippen molar-refractivity contribution in [3.8, 4) is 0 Å². The van der Waals surface area contributed by atoms with Gasteiger partial charge < -0.3 is 24.8 Å². The van der Waals surface area contributed by atoms with Gasteiger partial charge in [-0.1, -0.05) is 123 Å². The third-order valence-electron chi connectivity index (χ3n) is 11.5. The molecule has 3 aliphatic rings. The third-order valence-corrected chi connectivity index (χ3v) is 11.5. The number of nitrogens with one attached hydrogen (secondary N) is 2. The van der Waals surface area contributed by atoms with Crippen molar-refractivity contribution in [3.05, 3.63) is 12.2 Å². The van der Waals surface area contributed by atoms with E-state index < -0.39 is 17.3 Å². The van der Waals surface area contributed by atoms with Crippen LogP contribution in [0, 0.1) is 10.8 Å². The topological polar surface area (TPSA) is 103 Å². The molecule has 1 aliphatic heterocycles. The fourth-order valence-corrected chi connectivity index (χ4v) is 8.18. The highest BCUT2D eigenvalue weighted by atomic mass is 16.7. The number of rotatable bonds is 23. The molecule has 1 heterocycles. The molecule has 3 rings (SSSR count). The van der Waals surface area contributed by atoms with E-state index in [4.69, 9.17) is 14.2 Å². The van der Waals surface area contributed by atoms with E-state index in [2.05, 4.69) is 29.7 Å². The molecule has 0 aromatic carbocycles. The Kier molecular flexibility index (Phi) is 19.6. The normalized spacial score (nSPS) is 24.2. The predicted molar refractivity (Wildman–Crippen MR) is 206 cm³/mol.